The van der Waals surface area contributed by atoms with E-state index in [2.05, 4.69) is 27.6 Å². The summed E-state index contributed by atoms with van der Waals surface area (Å²) in [4.78, 5) is 29.0. The quantitative estimate of drug-likeness (QED) is 0.346. The van der Waals surface area contributed by atoms with E-state index in [4.69, 9.17) is 14.5 Å². The monoisotopic (exact) mass is 735 g/mol. The lowest BCUT2D eigenvalue weighted by Gasteiger charge is -2.38. The number of hydrogen-bond acceptors (Lipinski definition) is 9. The molecule has 0 bridgehead atoms. The molecule has 0 radical (unpaired) electrons. The van der Waals surface area contributed by atoms with Crippen molar-refractivity contribution >= 4 is 45.1 Å². The van der Waals surface area contributed by atoms with Crippen molar-refractivity contribution in [2.45, 2.75) is 50.8 Å². The van der Waals surface area contributed by atoms with Crippen molar-refractivity contribution in [2.24, 2.45) is 5.41 Å². The molecule has 45 heavy (non-hydrogen) atoms. The SMILES string of the molecule is C[C@@]1(O)CCCN(c2nc(OC[C@@]3(CN4CCOCC4)CC3(F)F)nc3c2CN(C(=O)c2cc(O)cc4cccc(I)c24)C3)C1. The second kappa shape index (κ2) is 11.4. The van der Waals surface area contributed by atoms with Crippen molar-refractivity contribution in [3.8, 4) is 11.8 Å². The van der Waals surface area contributed by atoms with Gasteiger partial charge in [-0.2, -0.15) is 9.97 Å². The minimum absolute atomic E-state index is 0.000776. The molecule has 13 heteroatoms. The molecule has 2 atom stereocenters. The van der Waals surface area contributed by atoms with E-state index in [1.165, 1.54) is 6.07 Å². The highest BCUT2D eigenvalue weighted by Crippen LogP contribution is 2.61. The number of halogens is 3. The third-order valence-corrected chi connectivity index (χ3v) is 10.4. The van der Waals surface area contributed by atoms with Crippen LogP contribution in [0.4, 0.5) is 14.6 Å². The van der Waals surface area contributed by atoms with Crippen LogP contribution in [0.25, 0.3) is 10.8 Å². The van der Waals surface area contributed by atoms with Crippen LogP contribution in [0.1, 0.15) is 47.8 Å². The Labute approximate surface area is 273 Å². The molecule has 0 unspecified atom stereocenters. The third-order valence-electron chi connectivity index (χ3n) is 9.46. The van der Waals surface area contributed by atoms with Crippen molar-refractivity contribution in [3.05, 3.63) is 50.7 Å². The fourth-order valence-electron chi connectivity index (χ4n) is 6.94. The number of carbonyl (C=O) groups is 1. The van der Waals surface area contributed by atoms with Gasteiger partial charge >= 0.3 is 6.01 Å². The number of β-amino-alcohol motifs (C(OH)–C–C–N with tert-alkyl or cyclic N) is 1. The van der Waals surface area contributed by atoms with E-state index in [-0.39, 0.29) is 50.3 Å². The van der Waals surface area contributed by atoms with Crippen LogP contribution in [0.5, 0.6) is 11.8 Å². The first-order valence-corrected chi connectivity index (χ1v) is 16.4. The Morgan fingerprint density at radius 2 is 1.93 bits per heavy atom. The summed E-state index contributed by atoms with van der Waals surface area (Å²) in [5, 5.41) is 22.8. The zero-order chi connectivity index (χ0) is 31.6. The molecule has 3 aliphatic heterocycles. The second-order valence-corrected chi connectivity index (χ2v) is 14.3. The lowest BCUT2D eigenvalue weighted by atomic mass is 9.95. The standard InChI is InChI=1S/C32H36F2IN5O5/c1-30(43)6-3-7-39(17-30)27-23-14-40(28(42)22-13-21(41)12-20-4-2-5-24(35)26(20)22)15-25(23)36-29(37-27)45-19-31(16-32(31,33)34)18-38-8-10-44-11-9-38/h2,4-5,12-13,41,43H,3,6-11,14-19H2,1H3/t30-,31+/m1/s1. The van der Waals surface area contributed by atoms with E-state index < -0.39 is 16.9 Å². The molecule has 2 aromatic carbocycles. The van der Waals surface area contributed by atoms with Crippen molar-refractivity contribution < 1.29 is 33.3 Å². The summed E-state index contributed by atoms with van der Waals surface area (Å²) in [5.41, 5.74) is -0.543. The minimum Gasteiger partial charge on any atom is -0.508 e. The maximum absolute atomic E-state index is 14.8. The molecule has 0 spiro atoms. The molecular weight excluding hydrogens is 699 g/mol. The summed E-state index contributed by atoms with van der Waals surface area (Å²) in [7, 11) is 0. The van der Waals surface area contributed by atoms with Crippen molar-refractivity contribution in [3.63, 3.8) is 0 Å². The number of morpholine rings is 1. The zero-order valence-electron chi connectivity index (χ0n) is 25.1. The van der Waals surface area contributed by atoms with E-state index >= 15 is 0 Å². The number of alkyl halides is 2. The predicted octanol–water partition coefficient (Wildman–Crippen LogP) is 4.18. The number of anilines is 1. The summed E-state index contributed by atoms with van der Waals surface area (Å²) in [6, 6.07) is 8.77. The molecule has 1 amide bonds. The van der Waals surface area contributed by atoms with Crippen molar-refractivity contribution in [1.82, 2.24) is 19.8 Å². The van der Waals surface area contributed by atoms with Gasteiger partial charge in [-0.1, -0.05) is 12.1 Å². The third kappa shape index (κ3) is 5.92. The number of benzene rings is 2. The number of fused-ring (bicyclic) bond motifs is 2. The molecule has 2 saturated heterocycles. The maximum Gasteiger partial charge on any atom is 0.318 e. The van der Waals surface area contributed by atoms with Gasteiger partial charge in [-0.25, -0.2) is 8.78 Å². The Morgan fingerprint density at radius 1 is 1.16 bits per heavy atom. The number of aromatic hydroxyl groups is 1. The molecule has 4 heterocycles. The number of aromatic nitrogens is 2. The van der Waals surface area contributed by atoms with E-state index in [1.807, 2.05) is 28.0 Å². The molecule has 10 nitrogen and oxygen atoms in total. The Hall–Kier alpha value is -2.88. The van der Waals surface area contributed by atoms with Crippen LogP contribution in [-0.2, 0) is 17.8 Å². The molecule has 3 aromatic rings. The van der Waals surface area contributed by atoms with Crippen LogP contribution in [0.15, 0.2) is 30.3 Å². The minimum atomic E-state index is -2.85. The van der Waals surface area contributed by atoms with Gasteiger partial charge < -0.3 is 29.5 Å². The summed E-state index contributed by atoms with van der Waals surface area (Å²) in [6.45, 7) is 5.36. The molecule has 1 aromatic heterocycles. The number of aliphatic hydroxyl groups is 1. The highest BCUT2D eigenvalue weighted by molar-refractivity contribution is 14.1. The van der Waals surface area contributed by atoms with Gasteiger partial charge in [0.1, 0.15) is 18.2 Å². The Bertz CT molecular complexity index is 1650. The Balaban J connectivity index is 1.19. The van der Waals surface area contributed by atoms with Crippen LogP contribution in [0, 0.1) is 8.99 Å². The van der Waals surface area contributed by atoms with Crippen LogP contribution in [-0.4, -0.2) is 100.0 Å². The van der Waals surface area contributed by atoms with Gasteiger partial charge in [-0.15, -0.1) is 0 Å². The van der Waals surface area contributed by atoms with Gasteiger partial charge in [0, 0.05) is 53.7 Å². The van der Waals surface area contributed by atoms with Crippen molar-refractivity contribution in [1.29, 1.82) is 0 Å². The highest BCUT2D eigenvalue weighted by Gasteiger charge is 2.72. The summed E-state index contributed by atoms with van der Waals surface area (Å²) < 4.78 is 41.8. The van der Waals surface area contributed by atoms with Gasteiger partial charge in [-0.3, -0.25) is 9.69 Å². The van der Waals surface area contributed by atoms with Gasteiger partial charge in [-0.05, 0) is 65.9 Å². The van der Waals surface area contributed by atoms with Crippen LogP contribution in [0.2, 0.25) is 0 Å². The first-order chi connectivity index (χ1) is 21.4. The normalized spacial score (nSPS) is 26.2. The van der Waals surface area contributed by atoms with E-state index in [0.717, 1.165) is 26.3 Å². The molecule has 3 fully saturated rings. The van der Waals surface area contributed by atoms with Gasteiger partial charge in [0.15, 0.2) is 0 Å². The highest BCUT2D eigenvalue weighted by atomic mass is 127. The van der Waals surface area contributed by atoms with Gasteiger partial charge in [0.25, 0.3) is 11.8 Å². The molecule has 1 saturated carbocycles. The molecule has 2 N–H and O–H groups in total. The molecule has 4 aliphatic rings. The molecule has 7 rings (SSSR count). The second-order valence-electron chi connectivity index (χ2n) is 13.1. The molecule has 240 valence electrons. The summed E-state index contributed by atoms with van der Waals surface area (Å²) in [6.07, 6.45) is 1.13. The number of amides is 1. The fourth-order valence-corrected chi connectivity index (χ4v) is 7.75. The van der Waals surface area contributed by atoms with E-state index in [0.29, 0.717) is 62.9 Å². The van der Waals surface area contributed by atoms with Crippen LogP contribution < -0.4 is 9.64 Å². The van der Waals surface area contributed by atoms with Gasteiger partial charge in [0.05, 0.1) is 48.6 Å². The van der Waals surface area contributed by atoms with Crippen LogP contribution in [0.3, 0.4) is 0 Å². The number of nitrogens with zero attached hydrogens (tertiary/aromatic N) is 5. The number of phenolic OH excluding ortho intramolecular Hbond substituents is 1. The number of piperidine rings is 1. The van der Waals surface area contributed by atoms with E-state index in [1.54, 1.807) is 17.9 Å². The Kier molecular flexibility index (Phi) is 7.81. The lowest BCUT2D eigenvalue weighted by Crippen LogP contribution is -2.47. The van der Waals surface area contributed by atoms with Crippen molar-refractivity contribution in [2.75, 3.05) is 57.4 Å². The number of phenols is 1. The first kappa shape index (κ1) is 30.8. The fraction of sp³-hybridized carbons (Fsp3) is 0.531. The molecular formula is C32H36F2IN5O5. The van der Waals surface area contributed by atoms with E-state index in [9.17, 15) is 23.8 Å². The Morgan fingerprint density at radius 3 is 2.67 bits per heavy atom. The predicted molar refractivity (Wildman–Crippen MR) is 171 cm³/mol. The van der Waals surface area contributed by atoms with Gasteiger partial charge in [0.2, 0.25) is 0 Å². The average molecular weight is 736 g/mol. The number of ether oxygens (including phenoxy) is 2. The largest absolute Gasteiger partial charge is 0.508 e. The number of rotatable bonds is 7. The smallest absolute Gasteiger partial charge is 0.318 e. The maximum atomic E-state index is 14.8. The number of carbonyl (C=O) groups excluding carboxylic acids is 1. The summed E-state index contributed by atoms with van der Waals surface area (Å²) >= 11 is 2.19. The lowest BCUT2D eigenvalue weighted by molar-refractivity contribution is -0.0101. The zero-order valence-corrected chi connectivity index (χ0v) is 27.2. The number of hydrogen-bond donors (Lipinski definition) is 2. The first-order valence-electron chi connectivity index (χ1n) is 15.3. The van der Waals surface area contributed by atoms with Crippen LogP contribution >= 0.6 is 22.6 Å². The summed E-state index contributed by atoms with van der Waals surface area (Å²) in [5.74, 6) is -2.56. The molecule has 1 aliphatic carbocycles. The average Bonchev–Trinajstić information content (AvgIpc) is 3.29. The topological polar surface area (TPSA) is 111 Å².